The van der Waals surface area contributed by atoms with Crippen molar-refractivity contribution in [2.24, 2.45) is 0 Å². The highest BCUT2D eigenvalue weighted by molar-refractivity contribution is 7.15. The second kappa shape index (κ2) is 6.50. The first-order chi connectivity index (χ1) is 11.1. The van der Waals surface area contributed by atoms with Crippen molar-refractivity contribution in [3.05, 3.63) is 40.6 Å². The maximum Gasteiger partial charge on any atom is 0.230 e. The SMILES string of the molecule is CCc1nnc(NC(=O)Cc2coc3ccc(C(C)C)cc23)s1. The Balaban J connectivity index is 1.77. The van der Waals surface area contributed by atoms with Gasteiger partial charge in [-0.3, -0.25) is 4.79 Å². The lowest BCUT2D eigenvalue weighted by molar-refractivity contribution is -0.115. The molecule has 0 aliphatic rings. The van der Waals surface area contributed by atoms with Crippen LogP contribution in [0.4, 0.5) is 5.13 Å². The van der Waals surface area contributed by atoms with E-state index in [-0.39, 0.29) is 12.3 Å². The highest BCUT2D eigenvalue weighted by Crippen LogP contribution is 2.26. The lowest BCUT2D eigenvalue weighted by atomic mass is 10.00. The fourth-order valence-electron chi connectivity index (χ4n) is 2.38. The molecule has 0 atom stereocenters. The molecule has 1 N–H and O–H groups in total. The van der Waals surface area contributed by atoms with Crippen molar-refractivity contribution in [3.8, 4) is 0 Å². The van der Waals surface area contributed by atoms with Gasteiger partial charge in [0.25, 0.3) is 0 Å². The molecule has 2 heterocycles. The highest BCUT2D eigenvalue weighted by atomic mass is 32.1. The van der Waals surface area contributed by atoms with Crippen LogP contribution >= 0.6 is 11.3 Å². The molecule has 0 radical (unpaired) electrons. The number of aryl methyl sites for hydroxylation is 1. The van der Waals surface area contributed by atoms with Crippen molar-refractivity contribution in [1.29, 1.82) is 0 Å². The van der Waals surface area contributed by atoms with Crippen LogP contribution in [-0.4, -0.2) is 16.1 Å². The summed E-state index contributed by atoms with van der Waals surface area (Å²) in [5.41, 5.74) is 2.93. The summed E-state index contributed by atoms with van der Waals surface area (Å²) in [5.74, 6) is 0.325. The summed E-state index contributed by atoms with van der Waals surface area (Å²) in [6, 6.07) is 6.13. The normalized spacial score (nSPS) is 11.3. The van der Waals surface area contributed by atoms with E-state index in [1.807, 2.05) is 13.0 Å². The number of carbonyl (C=O) groups excluding carboxylic acids is 1. The molecule has 0 unspecified atom stereocenters. The number of fused-ring (bicyclic) bond motifs is 1. The molecule has 120 valence electrons. The van der Waals surface area contributed by atoms with Crippen LogP contribution < -0.4 is 5.32 Å². The number of benzene rings is 1. The fraction of sp³-hybridized carbons (Fsp3) is 0.353. The van der Waals surface area contributed by atoms with Gasteiger partial charge in [-0.1, -0.05) is 38.2 Å². The van der Waals surface area contributed by atoms with E-state index >= 15 is 0 Å². The summed E-state index contributed by atoms with van der Waals surface area (Å²) in [4.78, 5) is 12.2. The topological polar surface area (TPSA) is 68.0 Å². The molecule has 5 nitrogen and oxygen atoms in total. The Morgan fingerprint density at radius 2 is 2.17 bits per heavy atom. The molecule has 0 spiro atoms. The Morgan fingerprint density at radius 3 is 2.87 bits per heavy atom. The molecule has 1 amide bonds. The van der Waals surface area contributed by atoms with Crippen molar-refractivity contribution in [2.75, 3.05) is 5.32 Å². The molecule has 0 saturated carbocycles. The number of nitrogens with one attached hydrogen (secondary N) is 1. The number of nitrogens with zero attached hydrogens (tertiary/aromatic N) is 2. The Morgan fingerprint density at radius 1 is 1.35 bits per heavy atom. The van der Waals surface area contributed by atoms with Gasteiger partial charge in [-0.05, 0) is 30.0 Å². The summed E-state index contributed by atoms with van der Waals surface area (Å²) in [5, 5.41) is 13.2. The first-order valence-electron chi connectivity index (χ1n) is 7.69. The molecular weight excluding hydrogens is 310 g/mol. The molecular formula is C17H19N3O2S. The van der Waals surface area contributed by atoms with E-state index in [0.717, 1.165) is 28.0 Å². The third kappa shape index (κ3) is 3.42. The molecule has 3 aromatic rings. The molecule has 0 saturated heterocycles. The van der Waals surface area contributed by atoms with Crippen LogP contribution in [0.2, 0.25) is 0 Å². The third-order valence-corrected chi connectivity index (χ3v) is 4.69. The van der Waals surface area contributed by atoms with Crippen molar-refractivity contribution < 1.29 is 9.21 Å². The van der Waals surface area contributed by atoms with Crippen LogP contribution in [0.3, 0.4) is 0 Å². The predicted octanol–water partition coefficient (Wildman–Crippen LogP) is 4.15. The van der Waals surface area contributed by atoms with E-state index in [4.69, 9.17) is 4.42 Å². The average Bonchev–Trinajstić information content (AvgIpc) is 3.14. The first kappa shape index (κ1) is 15.7. The van der Waals surface area contributed by atoms with E-state index in [0.29, 0.717) is 11.0 Å². The van der Waals surface area contributed by atoms with Crippen LogP contribution in [0.5, 0.6) is 0 Å². The summed E-state index contributed by atoms with van der Waals surface area (Å²) in [6.07, 6.45) is 2.74. The number of aromatic nitrogens is 2. The van der Waals surface area contributed by atoms with Gasteiger partial charge in [0.2, 0.25) is 11.0 Å². The van der Waals surface area contributed by atoms with Gasteiger partial charge in [0, 0.05) is 10.9 Å². The molecule has 23 heavy (non-hydrogen) atoms. The van der Waals surface area contributed by atoms with Crippen LogP contribution in [0.1, 0.15) is 42.8 Å². The van der Waals surface area contributed by atoms with Crippen LogP contribution in [-0.2, 0) is 17.6 Å². The van der Waals surface area contributed by atoms with Crippen molar-refractivity contribution >= 4 is 33.3 Å². The zero-order valence-corrected chi connectivity index (χ0v) is 14.2. The lowest BCUT2D eigenvalue weighted by Crippen LogP contribution is -2.14. The van der Waals surface area contributed by atoms with Crippen molar-refractivity contribution in [2.45, 2.75) is 39.5 Å². The van der Waals surface area contributed by atoms with Gasteiger partial charge in [-0.15, -0.1) is 10.2 Å². The van der Waals surface area contributed by atoms with Crippen LogP contribution in [0, 0.1) is 0 Å². The Kier molecular flexibility index (Phi) is 4.43. The molecule has 1 aromatic carbocycles. The Labute approximate surface area is 138 Å². The number of amides is 1. The summed E-state index contributed by atoms with van der Waals surface area (Å²) in [6.45, 7) is 6.30. The fourth-order valence-corrected chi connectivity index (χ4v) is 3.07. The molecule has 2 aromatic heterocycles. The molecule has 6 heteroatoms. The standard InChI is InChI=1S/C17H19N3O2S/c1-4-16-19-20-17(23-16)18-15(21)8-12-9-22-14-6-5-11(10(2)3)7-13(12)14/h5-7,9-10H,4,8H2,1-3H3,(H,18,20,21). The zero-order valence-electron chi connectivity index (χ0n) is 13.4. The molecule has 3 rings (SSSR count). The maximum atomic E-state index is 12.2. The van der Waals surface area contributed by atoms with Crippen molar-refractivity contribution in [3.63, 3.8) is 0 Å². The van der Waals surface area contributed by atoms with Crippen molar-refractivity contribution in [1.82, 2.24) is 10.2 Å². The lowest BCUT2D eigenvalue weighted by Gasteiger charge is -2.05. The molecule has 0 bridgehead atoms. The van der Waals surface area contributed by atoms with Gasteiger partial charge in [0.15, 0.2) is 0 Å². The third-order valence-electron chi connectivity index (χ3n) is 3.71. The van der Waals surface area contributed by atoms with Crippen LogP contribution in [0.25, 0.3) is 11.0 Å². The smallest absolute Gasteiger partial charge is 0.230 e. The number of rotatable bonds is 5. The number of hydrogen-bond donors (Lipinski definition) is 1. The average molecular weight is 329 g/mol. The first-order valence-corrected chi connectivity index (χ1v) is 8.50. The van der Waals surface area contributed by atoms with E-state index in [1.54, 1.807) is 6.26 Å². The Bertz CT molecular complexity index is 835. The molecule has 0 aliphatic heterocycles. The molecule has 0 aliphatic carbocycles. The predicted molar refractivity (Wildman–Crippen MR) is 91.9 cm³/mol. The number of anilines is 1. The van der Waals surface area contributed by atoms with E-state index in [1.165, 1.54) is 16.9 Å². The monoisotopic (exact) mass is 329 g/mol. The van der Waals surface area contributed by atoms with Crippen LogP contribution in [0.15, 0.2) is 28.9 Å². The van der Waals surface area contributed by atoms with E-state index < -0.39 is 0 Å². The summed E-state index contributed by atoms with van der Waals surface area (Å²) >= 11 is 1.41. The quantitative estimate of drug-likeness (QED) is 0.763. The minimum atomic E-state index is -0.110. The van der Waals surface area contributed by atoms with E-state index in [2.05, 4.69) is 41.5 Å². The van der Waals surface area contributed by atoms with Gasteiger partial charge in [0.05, 0.1) is 12.7 Å². The van der Waals surface area contributed by atoms with E-state index in [9.17, 15) is 4.79 Å². The number of hydrogen-bond acceptors (Lipinski definition) is 5. The highest BCUT2D eigenvalue weighted by Gasteiger charge is 2.13. The maximum absolute atomic E-state index is 12.2. The van der Waals surface area contributed by atoms with Gasteiger partial charge in [0.1, 0.15) is 10.6 Å². The van der Waals surface area contributed by atoms with Gasteiger partial charge >= 0.3 is 0 Å². The van der Waals surface area contributed by atoms with Gasteiger partial charge < -0.3 is 9.73 Å². The minimum Gasteiger partial charge on any atom is -0.464 e. The zero-order chi connectivity index (χ0) is 16.4. The number of furan rings is 1. The van der Waals surface area contributed by atoms with Gasteiger partial charge in [-0.2, -0.15) is 0 Å². The van der Waals surface area contributed by atoms with Gasteiger partial charge in [-0.25, -0.2) is 0 Å². The second-order valence-electron chi connectivity index (χ2n) is 5.75. The summed E-state index contributed by atoms with van der Waals surface area (Å²) in [7, 11) is 0. The minimum absolute atomic E-state index is 0.110. The summed E-state index contributed by atoms with van der Waals surface area (Å²) < 4.78 is 5.55. The molecule has 0 fully saturated rings. The second-order valence-corrected chi connectivity index (χ2v) is 6.81. The largest absolute Gasteiger partial charge is 0.464 e. The number of carbonyl (C=O) groups is 1. The Hall–Kier alpha value is -2.21.